The van der Waals surface area contributed by atoms with Gasteiger partial charge in [0.15, 0.2) is 0 Å². The second kappa shape index (κ2) is 9.03. The van der Waals surface area contributed by atoms with E-state index in [0.29, 0.717) is 5.02 Å². The lowest BCUT2D eigenvalue weighted by molar-refractivity contribution is 0.0888. The van der Waals surface area contributed by atoms with Crippen molar-refractivity contribution >= 4 is 33.0 Å². The molecule has 1 saturated heterocycles. The minimum atomic E-state index is -3.61. The van der Waals surface area contributed by atoms with Gasteiger partial charge < -0.3 is 4.90 Å². The highest BCUT2D eigenvalue weighted by Crippen LogP contribution is 2.30. The molecule has 3 rings (SSSR count). The Balaban J connectivity index is 1.79. The van der Waals surface area contributed by atoms with E-state index in [1.165, 1.54) is 17.0 Å². The smallest absolute Gasteiger partial charge is 0.240 e. The van der Waals surface area contributed by atoms with Crippen LogP contribution in [0.1, 0.15) is 24.8 Å². The van der Waals surface area contributed by atoms with Crippen molar-refractivity contribution in [1.82, 2.24) is 14.5 Å². The Bertz CT molecular complexity index is 817. The van der Waals surface area contributed by atoms with Crippen molar-refractivity contribution < 1.29 is 8.42 Å². The van der Waals surface area contributed by atoms with E-state index < -0.39 is 10.0 Å². The molecule has 2 aromatic rings. The number of piperazine rings is 1. The standard InChI is InChI=1S/C19H26ClN3O2S2/c1-3-22-10-12-23(13-11-22)19(18-5-4-14-26-18)15(2)21-27(24,25)17-8-6-16(20)7-9-17/h4-9,14-15,19,21H,3,10-13H2,1-2H3. The molecule has 0 amide bonds. The van der Waals surface area contributed by atoms with Crippen molar-refractivity contribution in [3.05, 3.63) is 51.7 Å². The molecule has 1 aromatic carbocycles. The molecule has 2 heterocycles. The maximum absolute atomic E-state index is 12.8. The van der Waals surface area contributed by atoms with Crippen LogP contribution in [0.3, 0.4) is 0 Å². The number of hydrogen-bond acceptors (Lipinski definition) is 5. The molecule has 2 atom stereocenters. The van der Waals surface area contributed by atoms with Crippen LogP contribution < -0.4 is 4.72 Å². The first-order valence-electron chi connectivity index (χ1n) is 9.18. The van der Waals surface area contributed by atoms with Crippen LogP contribution in [0.2, 0.25) is 5.02 Å². The fraction of sp³-hybridized carbons (Fsp3) is 0.474. The summed E-state index contributed by atoms with van der Waals surface area (Å²) in [6.07, 6.45) is 0. The second-order valence-corrected chi connectivity index (χ2v) is 9.92. The predicted molar refractivity (Wildman–Crippen MR) is 112 cm³/mol. The quantitative estimate of drug-likeness (QED) is 0.735. The van der Waals surface area contributed by atoms with E-state index in [1.54, 1.807) is 23.5 Å². The van der Waals surface area contributed by atoms with E-state index in [2.05, 4.69) is 27.5 Å². The van der Waals surface area contributed by atoms with Crippen LogP contribution in [0, 0.1) is 0 Å². The van der Waals surface area contributed by atoms with Crippen molar-refractivity contribution in [3.8, 4) is 0 Å². The number of likely N-dealkylation sites (N-methyl/N-ethyl adjacent to an activating group) is 1. The van der Waals surface area contributed by atoms with Gasteiger partial charge in [0.25, 0.3) is 0 Å². The fourth-order valence-corrected chi connectivity index (χ4v) is 5.89. The number of halogens is 1. The summed E-state index contributed by atoms with van der Waals surface area (Å²) >= 11 is 7.56. The number of nitrogens with zero attached hydrogens (tertiary/aromatic N) is 2. The molecule has 1 fully saturated rings. The third kappa shape index (κ3) is 5.10. The summed E-state index contributed by atoms with van der Waals surface area (Å²) in [6.45, 7) is 9.06. The minimum absolute atomic E-state index is 0.0195. The van der Waals surface area contributed by atoms with Crippen molar-refractivity contribution in [2.45, 2.75) is 30.8 Å². The largest absolute Gasteiger partial charge is 0.301 e. The Morgan fingerprint density at radius 3 is 2.37 bits per heavy atom. The van der Waals surface area contributed by atoms with Crippen LogP contribution >= 0.6 is 22.9 Å². The number of thiophene rings is 1. The van der Waals surface area contributed by atoms with E-state index >= 15 is 0 Å². The predicted octanol–water partition coefficient (Wildman–Crippen LogP) is 3.45. The van der Waals surface area contributed by atoms with Gasteiger partial charge in [-0.2, -0.15) is 0 Å². The van der Waals surface area contributed by atoms with E-state index in [0.717, 1.165) is 32.7 Å². The van der Waals surface area contributed by atoms with E-state index in [9.17, 15) is 8.42 Å². The molecular formula is C19H26ClN3O2S2. The molecule has 0 spiro atoms. The summed E-state index contributed by atoms with van der Waals surface area (Å²) in [5, 5.41) is 2.57. The highest BCUT2D eigenvalue weighted by Gasteiger charge is 2.32. The van der Waals surface area contributed by atoms with Crippen LogP contribution in [0.15, 0.2) is 46.7 Å². The lowest BCUT2D eigenvalue weighted by Gasteiger charge is -2.41. The zero-order valence-electron chi connectivity index (χ0n) is 15.6. The number of hydrogen-bond donors (Lipinski definition) is 1. The summed E-state index contributed by atoms with van der Waals surface area (Å²) in [5.41, 5.74) is 0. The summed E-state index contributed by atoms with van der Waals surface area (Å²) in [4.78, 5) is 6.24. The highest BCUT2D eigenvalue weighted by molar-refractivity contribution is 7.89. The first-order valence-corrected chi connectivity index (χ1v) is 11.9. The van der Waals surface area contributed by atoms with Crippen LogP contribution in [-0.2, 0) is 10.0 Å². The highest BCUT2D eigenvalue weighted by atomic mass is 35.5. The molecule has 2 unspecified atom stereocenters. The van der Waals surface area contributed by atoms with Crippen LogP contribution in [0.4, 0.5) is 0 Å². The Hall–Kier alpha value is -0.960. The molecular weight excluding hydrogens is 402 g/mol. The van der Waals surface area contributed by atoms with Gasteiger partial charge in [-0.15, -0.1) is 11.3 Å². The lowest BCUT2D eigenvalue weighted by atomic mass is 10.1. The monoisotopic (exact) mass is 427 g/mol. The van der Waals surface area contributed by atoms with E-state index in [-0.39, 0.29) is 17.0 Å². The number of benzene rings is 1. The Morgan fingerprint density at radius 1 is 1.15 bits per heavy atom. The third-order valence-electron chi connectivity index (χ3n) is 5.02. The molecule has 0 radical (unpaired) electrons. The lowest BCUT2D eigenvalue weighted by Crippen LogP contribution is -2.52. The number of sulfonamides is 1. The maximum atomic E-state index is 12.8. The fourth-order valence-electron chi connectivity index (χ4n) is 3.55. The minimum Gasteiger partial charge on any atom is -0.301 e. The van der Waals surface area contributed by atoms with Crippen LogP contribution in [0.25, 0.3) is 0 Å². The molecule has 1 aliphatic rings. The molecule has 1 aliphatic heterocycles. The summed E-state index contributed by atoms with van der Waals surface area (Å²) < 4.78 is 28.5. The first kappa shape index (κ1) is 20.8. The van der Waals surface area contributed by atoms with E-state index in [4.69, 9.17) is 11.6 Å². The van der Waals surface area contributed by atoms with Crippen molar-refractivity contribution in [2.75, 3.05) is 32.7 Å². The van der Waals surface area contributed by atoms with Gasteiger partial charge in [0.1, 0.15) is 0 Å². The van der Waals surface area contributed by atoms with Gasteiger partial charge in [0.2, 0.25) is 10.0 Å². The molecule has 27 heavy (non-hydrogen) atoms. The molecule has 0 aliphatic carbocycles. The average molecular weight is 428 g/mol. The molecule has 0 saturated carbocycles. The van der Waals surface area contributed by atoms with Crippen molar-refractivity contribution in [1.29, 1.82) is 0 Å². The average Bonchev–Trinajstić information content (AvgIpc) is 3.16. The van der Waals surface area contributed by atoms with E-state index in [1.807, 2.05) is 18.4 Å². The second-order valence-electron chi connectivity index (χ2n) is 6.79. The Kier molecular flexibility index (Phi) is 6.94. The normalized spacial score (nSPS) is 19.1. The zero-order chi connectivity index (χ0) is 19.4. The number of rotatable bonds is 7. The molecule has 8 heteroatoms. The molecule has 1 aromatic heterocycles. The Labute approximate surface area is 171 Å². The zero-order valence-corrected chi connectivity index (χ0v) is 18.0. The topological polar surface area (TPSA) is 52.6 Å². The van der Waals surface area contributed by atoms with Gasteiger partial charge in [0.05, 0.1) is 10.9 Å². The third-order valence-corrected chi connectivity index (χ3v) is 7.79. The van der Waals surface area contributed by atoms with Gasteiger partial charge >= 0.3 is 0 Å². The maximum Gasteiger partial charge on any atom is 0.240 e. The van der Waals surface area contributed by atoms with Gasteiger partial charge in [-0.25, -0.2) is 13.1 Å². The van der Waals surface area contributed by atoms with Gasteiger partial charge in [-0.05, 0) is 49.2 Å². The molecule has 0 bridgehead atoms. The van der Waals surface area contributed by atoms with Crippen LogP contribution in [0.5, 0.6) is 0 Å². The van der Waals surface area contributed by atoms with Gasteiger partial charge in [-0.3, -0.25) is 4.90 Å². The van der Waals surface area contributed by atoms with Crippen LogP contribution in [-0.4, -0.2) is 57.0 Å². The summed E-state index contributed by atoms with van der Waals surface area (Å²) in [6, 6.07) is 10.2. The van der Waals surface area contributed by atoms with Gasteiger partial charge in [0, 0.05) is 42.1 Å². The molecule has 148 valence electrons. The van der Waals surface area contributed by atoms with Gasteiger partial charge in [-0.1, -0.05) is 24.6 Å². The SMILES string of the molecule is CCN1CCN(C(c2cccs2)C(C)NS(=O)(=O)c2ccc(Cl)cc2)CC1. The number of nitrogens with one attached hydrogen (secondary N) is 1. The molecule has 1 N–H and O–H groups in total. The molecule has 5 nitrogen and oxygen atoms in total. The first-order chi connectivity index (χ1) is 12.9. The van der Waals surface area contributed by atoms with Crippen molar-refractivity contribution in [2.24, 2.45) is 0 Å². The summed E-state index contributed by atoms with van der Waals surface area (Å²) in [7, 11) is -3.61. The van der Waals surface area contributed by atoms with Crippen molar-refractivity contribution in [3.63, 3.8) is 0 Å². The Morgan fingerprint density at radius 2 is 1.81 bits per heavy atom. The summed E-state index contributed by atoms with van der Waals surface area (Å²) in [5.74, 6) is 0.